The van der Waals surface area contributed by atoms with Gasteiger partial charge in [-0.05, 0) is 53.1 Å². The van der Waals surface area contributed by atoms with Crippen molar-refractivity contribution in [3.05, 3.63) is 95.7 Å². The minimum atomic E-state index is -0.161. The van der Waals surface area contributed by atoms with Gasteiger partial charge in [-0.3, -0.25) is 4.79 Å². The largest absolute Gasteiger partial charge is 0.497 e. The second kappa shape index (κ2) is 9.12. The molecule has 0 bridgehead atoms. The van der Waals surface area contributed by atoms with Crippen LogP contribution >= 0.6 is 0 Å². The number of amides is 1. The van der Waals surface area contributed by atoms with Gasteiger partial charge in [0.15, 0.2) is 11.5 Å². The molecule has 0 spiro atoms. The first-order valence-electron chi connectivity index (χ1n) is 10.8. The van der Waals surface area contributed by atoms with Gasteiger partial charge in [0.05, 0.1) is 7.11 Å². The molecular formula is C27H24N2O4. The topological polar surface area (TPSA) is 72.6 Å². The number of benzene rings is 3. The number of carbonyl (C=O) groups excluding carboxylic acids is 1. The van der Waals surface area contributed by atoms with Crippen LogP contribution in [0.25, 0.3) is 17.0 Å². The molecule has 1 atom stereocenters. The average Bonchev–Trinajstić information content (AvgIpc) is 3.50. The highest BCUT2D eigenvalue weighted by Crippen LogP contribution is 2.33. The number of ether oxygens (including phenoxy) is 3. The Hall–Kier alpha value is -4.19. The van der Waals surface area contributed by atoms with Crippen molar-refractivity contribution in [2.75, 3.05) is 20.4 Å². The number of fused-ring (bicyclic) bond motifs is 2. The van der Waals surface area contributed by atoms with Crippen molar-refractivity contribution in [1.29, 1.82) is 0 Å². The first-order chi connectivity index (χ1) is 16.2. The second-order valence-electron chi connectivity index (χ2n) is 7.81. The van der Waals surface area contributed by atoms with Gasteiger partial charge in [0.2, 0.25) is 12.7 Å². The van der Waals surface area contributed by atoms with E-state index in [4.69, 9.17) is 14.2 Å². The normalized spacial score (nSPS) is 13.4. The Kier molecular flexibility index (Phi) is 5.72. The lowest BCUT2D eigenvalue weighted by Gasteiger charge is -2.18. The molecule has 1 amide bonds. The van der Waals surface area contributed by atoms with E-state index in [0.29, 0.717) is 12.3 Å². The third kappa shape index (κ3) is 4.41. The van der Waals surface area contributed by atoms with Gasteiger partial charge in [0.25, 0.3) is 0 Å². The lowest BCUT2D eigenvalue weighted by molar-refractivity contribution is -0.116. The molecule has 5 rings (SSSR count). The number of aromatic nitrogens is 1. The van der Waals surface area contributed by atoms with Crippen LogP contribution in [0, 0.1) is 0 Å². The third-order valence-electron chi connectivity index (χ3n) is 5.82. The minimum Gasteiger partial charge on any atom is -0.497 e. The summed E-state index contributed by atoms with van der Waals surface area (Å²) in [6, 6.07) is 21.7. The van der Waals surface area contributed by atoms with Crippen LogP contribution in [0.4, 0.5) is 0 Å². The number of hydrogen-bond donors (Lipinski definition) is 2. The smallest absolute Gasteiger partial charge is 0.244 e. The molecule has 3 aromatic carbocycles. The number of methoxy groups -OCH3 is 1. The van der Waals surface area contributed by atoms with Crippen molar-refractivity contribution in [3.63, 3.8) is 0 Å². The van der Waals surface area contributed by atoms with E-state index in [-0.39, 0.29) is 18.6 Å². The molecule has 166 valence electrons. The highest BCUT2D eigenvalue weighted by Gasteiger charge is 2.19. The first kappa shape index (κ1) is 20.7. The zero-order chi connectivity index (χ0) is 22.6. The highest BCUT2D eigenvalue weighted by atomic mass is 16.7. The summed E-state index contributed by atoms with van der Waals surface area (Å²) in [5.74, 6) is 2.03. The van der Waals surface area contributed by atoms with Gasteiger partial charge in [0.1, 0.15) is 5.75 Å². The summed E-state index contributed by atoms with van der Waals surface area (Å²) < 4.78 is 16.0. The van der Waals surface area contributed by atoms with Crippen LogP contribution < -0.4 is 19.5 Å². The molecule has 1 unspecified atom stereocenters. The Bertz CT molecular complexity index is 1310. The zero-order valence-electron chi connectivity index (χ0n) is 18.2. The van der Waals surface area contributed by atoms with Crippen molar-refractivity contribution in [2.24, 2.45) is 0 Å². The Balaban J connectivity index is 1.35. The Labute approximate surface area is 191 Å². The van der Waals surface area contributed by atoms with Gasteiger partial charge in [-0.15, -0.1) is 0 Å². The van der Waals surface area contributed by atoms with Crippen LogP contribution in [0.3, 0.4) is 0 Å². The summed E-state index contributed by atoms with van der Waals surface area (Å²) in [7, 11) is 1.65. The number of para-hydroxylation sites is 1. The van der Waals surface area contributed by atoms with Crippen molar-refractivity contribution in [2.45, 2.75) is 5.92 Å². The summed E-state index contributed by atoms with van der Waals surface area (Å²) in [5.41, 5.74) is 4.18. The molecule has 4 aromatic rings. The third-order valence-corrected chi connectivity index (χ3v) is 5.82. The Morgan fingerprint density at radius 3 is 2.76 bits per heavy atom. The van der Waals surface area contributed by atoms with Gasteiger partial charge in [-0.1, -0.05) is 36.4 Å². The number of nitrogens with one attached hydrogen (secondary N) is 2. The first-order valence-corrected chi connectivity index (χ1v) is 10.8. The molecule has 33 heavy (non-hydrogen) atoms. The molecule has 0 radical (unpaired) electrons. The fourth-order valence-corrected chi connectivity index (χ4v) is 4.08. The predicted molar refractivity (Wildman–Crippen MR) is 128 cm³/mol. The Morgan fingerprint density at radius 1 is 1.09 bits per heavy atom. The second-order valence-corrected chi connectivity index (χ2v) is 7.81. The molecular weight excluding hydrogens is 416 g/mol. The van der Waals surface area contributed by atoms with E-state index >= 15 is 0 Å². The molecule has 2 N–H and O–H groups in total. The molecule has 1 aliphatic rings. The van der Waals surface area contributed by atoms with Gasteiger partial charge >= 0.3 is 0 Å². The van der Waals surface area contributed by atoms with Crippen molar-refractivity contribution >= 4 is 22.9 Å². The molecule has 0 saturated carbocycles. The molecule has 2 heterocycles. The monoisotopic (exact) mass is 440 g/mol. The number of carbonyl (C=O) groups is 1. The van der Waals surface area contributed by atoms with E-state index in [1.54, 1.807) is 13.2 Å². The quantitative estimate of drug-likeness (QED) is 0.402. The predicted octanol–water partition coefficient (Wildman–Crippen LogP) is 4.87. The van der Waals surface area contributed by atoms with Crippen LogP contribution in [-0.4, -0.2) is 31.3 Å². The Morgan fingerprint density at radius 2 is 1.91 bits per heavy atom. The van der Waals surface area contributed by atoms with E-state index < -0.39 is 0 Å². The van der Waals surface area contributed by atoms with Crippen LogP contribution in [0.1, 0.15) is 22.6 Å². The lowest BCUT2D eigenvalue weighted by Crippen LogP contribution is -2.27. The fraction of sp³-hybridized carbons (Fsp3) is 0.148. The van der Waals surface area contributed by atoms with E-state index in [0.717, 1.165) is 39.1 Å². The lowest BCUT2D eigenvalue weighted by atomic mass is 9.90. The molecule has 0 saturated heterocycles. The van der Waals surface area contributed by atoms with Crippen LogP contribution in [0.2, 0.25) is 0 Å². The number of rotatable bonds is 7. The van der Waals surface area contributed by atoms with Gasteiger partial charge < -0.3 is 24.5 Å². The SMILES string of the molecule is COc1ccc(C(CNC(=O)C=Cc2ccc3c(c2)OCO3)c2c[nH]c3ccccc23)cc1. The minimum absolute atomic E-state index is 0.0186. The van der Waals surface area contributed by atoms with E-state index in [9.17, 15) is 4.79 Å². The summed E-state index contributed by atoms with van der Waals surface area (Å²) in [6.07, 6.45) is 5.33. The average molecular weight is 440 g/mol. The zero-order valence-corrected chi connectivity index (χ0v) is 18.2. The molecule has 0 aliphatic carbocycles. The van der Waals surface area contributed by atoms with E-state index in [1.807, 2.05) is 60.8 Å². The fourth-order valence-electron chi connectivity index (χ4n) is 4.08. The maximum Gasteiger partial charge on any atom is 0.244 e. The maximum absolute atomic E-state index is 12.6. The molecule has 0 fully saturated rings. The summed E-state index contributed by atoms with van der Waals surface area (Å²) >= 11 is 0. The maximum atomic E-state index is 12.6. The number of aromatic amines is 1. The molecule has 1 aromatic heterocycles. The molecule has 6 heteroatoms. The molecule has 1 aliphatic heterocycles. The van der Waals surface area contributed by atoms with Crippen LogP contribution in [0.5, 0.6) is 17.2 Å². The van der Waals surface area contributed by atoms with Crippen LogP contribution in [-0.2, 0) is 4.79 Å². The standard InChI is InChI=1S/C27H24N2O4/c1-31-20-10-8-19(9-11-20)22(23-16-28-24-5-3-2-4-21(23)24)15-29-27(30)13-7-18-6-12-25-26(14-18)33-17-32-25/h2-14,16,22,28H,15,17H2,1H3,(H,29,30). The van der Waals surface area contributed by atoms with Crippen molar-refractivity contribution in [3.8, 4) is 17.2 Å². The summed E-state index contributed by atoms with van der Waals surface area (Å²) in [6.45, 7) is 0.683. The summed E-state index contributed by atoms with van der Waals surface area (Å²) in [4.78, 5) is 16.0. The highest BCUT2D eigenvalue weighted by molar-refractivity contribution is 5.92. The number of H-pyrrole nitrogens is 1. The van der Waals surface area contributed by atoms with Gasteiger partial charge in [-0.25, -0.2) is 0 Å². The van der Waals surface area contributed by atoms with Gasteiger partial charge in [-0.2, -0.15) is 0 Å². The number of hydrogen-bond acceptors (Lipinski definition) is 4. The van der Waals surface area contributed by atoms with E-state index in [2.05, 4.69) is 22.4 Å². The summed E-state index contributed by atoms with van der Waals surface area (Å²) in [5, 5.41) is 4.20. The van der Waals surface area contributed by atoms with Crippen molar-refractivity contribution < 1.29 is 19.0 Å². The van der Waals surface area contributed by atoms with Crippen molar-refractivity contribution in [1.82, 2.24) is 10.3 Å². The molecule has 6 nitrogen and oxygen atoms in total. The van der Waals surface area contributed by atoms with E-state index in [1.165, 1.54) is 6.08 Å². The van der Waals surface area contributed by atoms with Gasteiger partial charge in [0, 0.05) is 35.6 Å². The van der Waals surface area contributed by atoms with Crippen LogP contribution in [0.15, 0.2) is 79.0 Å².